The van der Waals surface area contributed by atoms with E-state index in [0.717, 1.165) is 41.3 Å². The van der Waals surface area contributed by atoms with Gasteiger partial charge in [0.1, 0.15) is 10.4 Å². The first-order valence-electron chi connectivity index (χ1n) is 6.78. The highest BCUT2D eigenvalue weighted by Gasteiger charge is 2.01. The van der Waals surface area contributed by atoms with E-state index in [1.165, 1.54) is 5.56 Å². The molecule has 0 fully saturated rings. The fourth-order valence-corrected chi connectivity index (χ4v) is 2.28. The van der Waals surface area contributed by atoms with E-state index in [9.17, 15) is 0 Å². The zero-order valence-electron chi connectivity index (χ0n) is 11.8. The quantitative estimate of drug-likeness (QED) is 0.786. The van der Waals surface area contributed by atoms with E-state index in [0.29, 0.717) is 0 Å². The zero-order chi connectivity index (χ0) is 14.4. The molecule has 0 atom stereocenters. The van der Waals surface area contributed by atoms with Gasteiger partial charge >= 0.3 is 0 Å². The Hall–Kier alpha value is -1.55. The normalized spacial score (nSPS) is 10.3. The van der Waals surface area contributed by atoms with Crippen molar-refractivity contribution in [2.24, 2.45) is 0 Å². The van der Waals surface area contributed by atoms with Crippen molar-refractivity contribution in [3.8, 4) is 5.75 Å². The lowest BCUT2D eigenvalue weighted by molar-refractivity contribution is 0.317. The molecule has 3 nitrogen and oxygen atoms in total. The molecular formula is C16H19BrN2O. The Morgan fingerprint density at radius 3 is 2.85 bits per heavy atom. The molecule has 0 radical (unpaired) electrons. The highest BCUT2D eigenvalue weighted by atomic mass is 79.9. The van der Waals surface area contributed by atoms with Crippen LogP contribution in [-0.4, -0.2) is 11.6 Å². The molecule has 106 valence electrons. The molecule has 4 heteroatoms. The highest BCUT2D eigenvalue weighted by molar-refractivity contribution is 9.10. The van der Waals surface area contributed by atoms with Crippen molar-refractivity contribution < 1.29 is 4.74 Å². The lowest BCUT2D eigenvalue weighted by Gasteiger charge is -2.10. The summed E-state index contributed by atoms with van der Waals surface area (Å²) in [7, 11) is 0. The number of rotatable bonds is 6. The van der Waals surface area contributed by atoms with Crippen molar-refractivity contribution in [1.29, 1.82) is 0 Å². The van der Waals surface area contributed by atoms with E-state index < -0.39 is 0 Å². The number of hydrogen-bond donors (Lipinski definition) is 1. The van der Waals surface area contributed by atoms with Gasteiger partial charge in [0.25, 0.3) is 0 Å². The Morgan fingerprint density at radius 1 is 1.25 bits per heavy atom. The maximum Gasteiger partial charge on any atom is 0.119 e. The molecule has 1 aromatic carbocycles. The minimum atomic E-state index is 0.757. The molecule has 0 saturated heterocycles. The second kappa shape index (κ2) is 7.29. The summed E-state index contributed by atoms with van der Waals surface area (Å²) in [6, 6.07) is 12.2. The smallest absolute Gasteiger partial charge is 0.119 e. The van der Waals surface area contributed by atoms with E-state index in [2.05, 4.69) is 45.3 Å². The van der Waals surface area contributed by atoms with E-state index in [4.69, 9.17) is 4.74 Å². The minimum absolute atomic E-state index is 0.757. The van der Waals surface area contributed by atoms with Crippen LogP contribution in [0.25, 0.3) is 0 Å². The molecular weight excluding hydrogens is 316 g/mol. The Balaban J connectivity index is 1.99. The standard InChI is InChI=1S/C16H19BrN2O/c1-3-9-20-14-6-4-5-13(10-14)11-18-15-7-8-16(17)19-12(15)2/h4-8,10,18H,3,9,11H2,1-2H3. The second-order valence-electron chi connectivity index (χ2n) is 4.62. The Morgan fingerprint density at radius 2 is 2.10 bits per heavy atom. The third-order valence-corrected chi connectivity index (χ3v) is 3.35. The monoisotopic (exact) mass is 334 g/mol. The molecule has 0 aliphatic carbocycles. The average molecular weight is 335 g/mol. The van der Waals surface area contributed by atoms with E-state index in [-0.39, 0.29) is 0 Å². The Labute approximate surface area is 128 Å². The van der Waals surface area contributed by atoms with Crippen LogP contribution in [0.5, 0.6) is 5.75 Å². The van der Waals surface area contributed by atoms with Gasteiger partial charge < -0.3 is 10.1 Å². The van der Waals surface area contributed by atoms with Gasteiger partial charge in [0.05, 0.1) is 18.0 Å². The van der Waals surface area contributed by atoms with Gasteiger partial charge in [-0.05, 0) is 59.1 Å². The third-order valence-electron chi connectivity index (χ3n) is 2.91. The molecule has 1 N–H and O–H groups in total. The van der Waals surface area contributed by atoms with Crippen molar-refractivity contribution in [2.75, 3.05) is 11.9 Å². The SMILES string of the molecule is CCCOc1cccc(CNc2ccc(Br)nc2C)c1. The first-order valence-corrected chi connectivity index (χ1v) is 7.57. The van der Waals surface area contributed by atoms with Crippen LogP contribution in [0.15, 0.2) is 41.0 Å². The number of benzene rings is 1. The minimum Gasteiger partial charge on any atom is -0.494 e. The number of pyridine rings is 1. The van der Waals surface area contributed by atoms with Gasteiger partial charge in [-0.1, -0.05) is 19.1 Å². The molecule has 0 bridgehead atoms. The van der Waals surface area contributed by atoms with Crippen molar-refractivity contribution in [3.05, 3.63) is 52.3 Å². The summed E-state index contributed by atoms with van der Waals surface area (Å²) < 4.78 is 6.50. The number of aromatic nitrogens is 1. The molecule has 0 aliphatic rings. The van der Waals surface area contributed by atoms with Crippen molar-refractivity contribution in [3.63, 3.8) is 0 Å². The predicted molar refractivity (Wildman–Crippen MR) is 86.2 cm³/mol. The molecule has 1 aromatic heterocycles. The van der Waals surface area contributed by atoms with Gasteiger partial charge in [0.2, 0.25) is 0 Å². The topological polar surface area (TPSA) is 34.1 Å². The predicted octanol–water partition coefficient (Wildman–Crippen LogP) is 4.55. The summed E-state index contributed by atoms with van der Waals surface area (Å²) in [6.07, 6.45) is 1.02. The van der Waals surface area contributed by atoms with Gasteiger partial charge in [-0.3, -0.25) is 0 Å². The fraction of sp³-hybridized carbons (Fsp3) is 0.312. The summed E-state index contributed by atoms with van der Waals surface area (Å²) in [5.74, 6) is 0.928. The van der Waals surface area contributed by atoms with Gasteiger partial charge in [0, 0.05) is 6.54 Å². The van der Waals surface area contributed by atoms with Crippen molar-refractivity contribution in [1.82, 2.24) is 4.98 Å². The van der Waals surface area contributed by atoms with Gasteiger partial charge in [-0.2, -0.15) is 0 Å². The van der Waals surface area contributed by atoms with Crippen LogP contribution in [-0.2, 0) is 6.54 Å². The molecule has 2 rings (SSSR count). The second-order valence-corrected chi connectivity index (χ2v) is 5.43. The van der Waals surface area contributed by atoms with Crippen molar-refractivity contribution >= 4 is 21.6 Å². The number of nitrogens with one attached hydrogen (secondary N) is 1. The molecule has 1 heterocycles. The van der Waals surface area contributed by atoms with Crippen LogP contribution in [0.4, 0.5) is 5.69 Å². The number of hydrogen-bond acceptors (Lipinski definition) is 3. The van der Waals surface area contributed by atoms with Crippen LogP contribution in [0.1, 0.15) is 24.6 Å². The number of aryl methyl sites for hydroxylation is 1. The van der Waals surface area contributed by atoms with E-state index in [1.54, 1.807) is 0 Å². The van der Waals surface area contributed by atoms with E-state index >= 15 is 0 Å². The van der Waals surface area contributed by atoms with Gasteiger partial charge in [-0.25, -0.2) is 4.98 Å². The lowest BCUT2D eigenvalue weighted by Crippen LogP contribution is -2.03. The molecule has 0 saturated carbocycles. The largest absolute Gasteiger partial charge is 0.494 e. The number of nitrogens with zero attached hydrogens (tertiary/aromatic N) is 1. The summed E-state index contributed by atoms with van der Waals surface area (Å²) in [4.78, 5) is 4.37. The van der Waals surface area contributed by atoms with Crippen LogP contribution in [0, 0.1) is 6.92 Å². The van der Waals surface area contributed by atoms with E-state index in [1.807, 2.05) is 31.2 Å². The Kier molecular flexibility index (Phi) is 5.41. The van der Waals surface area contributed by atoms with Gasteiger partial charge in [-0.15, -0.1) is 0 Å². The average Bonchev–Trinajstić information content (AvgIpc) is 2.45. The maximum absolute atomic E-state index is 5.64. The van der Waals surface area contributed by atoms with Crippen molar-refractivity contribution in [2.45, 2.75) is 26.8 Å². The first kappa shape index (κ1) is 14.9. The fourth-order valence-electron chi connectivity index (χ4n) is 1.88. The highest BCUT2D eigenvalue weighted by Crippen LogP contribution is 2.18. The summed E-state index contributed by atoms with van der Waals surface area (Å²) in [6.45, 7) is 5.61. The molecule has 0 unspecified atom stereocenters. The summed E-state index contributed by atoms with van der Waals surface area (Å²) in [5, 5.41) is 3.40. The summed E-state index contributed by atoms with van der Waals surface area (Å²) in [5.41, 5.74) is 3.23. The number of anilines is 1. The molecule has 0 aliphatic heterocycles. The number of halogens is 1. The van der Waals surface area contributed by atoms with Crippen LogP contribution in [0.3, 0.4) is 0 Å². The molecule has 0 spiro atoms. The maximum atomic E-state index is 5.64. The van der Waals surface area contributed by atoms with Crippen LogP contribution in [0.2, 0.25) is 0 Å². The van der Waals surface area contributed by atoms with Gasteiger partial charge in [0.15, 0.2) is 0 Å². The number of ether oxygens (including phenoxy) is 1. The molecule has 0 amide bonds. The summed E-state index contributed by atoms with van der Waals surface area (Å²) >= 11 is 3.37. The molecule has 2 aromatic rings. The third kappa shape index (κ3) is 4.23. The Bertz CT molecular complexity index is 572. The zero-order valence-corrected chi connectivity index (χ0v) is 13.4. The molecule has 20 heavy (non-hydrogen) atoms. The van der Waals surface area contributed by atoms with Crippen LogP contribution >= 0.6 is 15.9 Å². The first-order chi connectivity index (χ1) is 9.69. The lowest BCUT2D eigenvalue weighted by atomic mass is 10.2. The van der Waals surface area contributed by atoms with Crippen LogP contribution < -0.4 is 10.1 Å².